The Morgan fingerprint density at radius 2 is 1.66 bits per heavy atom. The van der Waals surface area contributed by atoms with E-state index in [0.717, 1.165) is 25.2 Å². The molecule has 1 aliphatic rings. The molecule has 0 saturated carbocycles. The average molecular weight is 415 g/mol. The normalized spacial score (nSPS) is 15.7. The van der Waals surface area contributed by atoms with Crippen LogP contribution in [-0.4, -0.2) is 64.9 Å². The van der Waals surface area contributed by atoms with Gasteiger partial charge in [0.15, 0.2) is 6.61 Å². The number of esters is 1. The predicted molar refractivity (Wildman–Crippen MR) is 113 cm³/mol. The molecule has 0 N–H and O–H groups in total. The molecule has 0 aliphatic carbocycles. The molecule has 0 spiro atoms. The molecule has 2 aromatic carbocycles. The molecule has 1 unspecified atom stereocenters. The fourth-order valence-corrected chi connectivity index (χ4v) is 3.97. The van der Waals surface area contributed by atoms with Crippen molar-refractivity contribution in [2.75, 3.05) is 39.0 Å². The highest BCUT2D eigenvalue weighted by Crippen LogP contribution is 2.11. The topological polar surface area (TPSA) is 66.9 Å². The van der Waals surface area contributed by atoms with Crippen LogP contribution in [0.15, 0.2) is 54.6 Å². The SMILES string of the molecule is CS(=O)Cc1cccc(C(=O)OCC(=O)N2CCN(Cc3ccccc3)CC2)c1. The first kappa shape index (κ1) is 21.2. The van der Waals surface area contributed by atoms with E-state index in [4.69, 9.17) is 4.74 Å². The Hall–Kier alpha value is -2.51. The predicted octanol–water partition coefficient (Wildman–Crippen LogP) is 2.07. The van der Waals surface area contributed by atoms with E-state index in [2.05, 4.69) is 17.0 Å². The second kappa shape index (κ2) is 10.3. The van der Waals surface area contributed by atoms with Crippen molar-refractivity contribution in [1.29, 1.82) is 0 Å². The summed E-state index contributed by atoms with van der Waals surface area (Å²) >= 11 is 0. The molecule has 7 heteroatoms. The van der Waals surface area contributed by atoms with Crippen LogP contribution < -0.4 is 0 Å². The van der Waals surface area contributed by atoms with Gasteiger partial charge in [-0.25, -0.2) is 4.79 Å². The zero-order valence-electron chi connectivity index (χ0n) is 16.6. The molecular weight excluding hydrogens is 388 g/mol. The van der Waals surface area contributed by atoms with E-state index in [1.54, 1.807) is 29.4 Å². The highest BCUT2D eigenvalue weighted by atomic mass is 32.2. The number of carbonyl (C=O) groups excluding carboxylic acids is 2. The van der Waals surface area contributed by atoms with Crippen LogP contribution in [0.25, 0.3) is 0 Å². The van der Waals surface area contributed by atoms with E-state index in [9.17, 15) is 13.8 Å². The van der Waals surface area contributed by atoms with Gasteiger partial charge in [-0.05, 0) is 23.3 Å². The van der Waals surface area contributed by atoms with Crippen LogP contribution in [0.2, 0.25) is 0 Å². The van der Waals surface area contributed by atoms with Crippen LogP contribution in [0.1, 0.15) is 21.5 Å². The van der Waals surface area contributed by atoms with Gasteiger partial charge < -0.3 is 9.64 Å². The molecule has 154 valence electrons. The number of nitrogens with zero attached hydrogens (tertiary/aromatic N) is 2. The summed E-state index contributed by atoms with van der Waals surface area (Å²) in [6.07, 6.45) is 1.61. The zero-order valence-corrected chi connectivity index (χ0v) is 17.4. The van der Waals surface area contributed by atoms with Gasteiger partial charge in [0.05, 0.1) is 5.56 Å². The number of hydrogen-bond acceptors (Lipinski definition) is 5. The summed E-state index contributed by atoms with van der Waals surface area (Å²) in [5, 5.41) is 0. The van der Waals surface area contributed by atoms with Crippen molar-refractivity contribution >= 4 is 22.7 Å². The van der Waals surface area contributed by atoms with E-state index >= 15 is 0 Å². The molecule has 29 heavy (non-hydrogen) atoms. The number of hydrogen-bond donors (Lipinski definition) is 0. The van der Waals surface area contributed by atoms with Crippen LogP contribution in [-0.2, 0) is 32.6 Å². The largest absolute Gasteiger partial charge is 0.452 e. The first-order valence-electron chi connectivity index (χ1n) is 9.61. The highest BCUT2D eigenvalue weighted by molar-refractivity contribution is 7.83. The second-order valence-electron chi connectivity index (χ2n) is 7.14. The lowest BCUT2D eigenvalue weighted by atomic mass is 10.1. The quantitative estimate of drug-likeness (QED) is 0.649. The highest BCUT2D eigenvalue weighted by Gasteiger charge is 2.22. The maximum atomic E-state index is 12.4. The summed E-state index contributed by atoms with van der Waals surface area (Å²) in [4.78, 5) is 28.7. The second-order valence-corrected chi connectivity index (χ2v) is 8.57. The van der Waals surface area contributed by atoms with E-state index < -0.39 is 16.8 Å². The number of piperazine rings is 1. The Kier molecular flexibility index (Phi) is 7.55. The minimum atomic E-state index is -0.986. The van der Waals surface area contributed by atoms with Gasteiger partial charge in [-0.2, -0.15) is 0 Å². The first-order chi connectivity index (χ1) is 14.0. The molecule has 1 aliphatic heterocycles. The van der Waals surface area contributed by atoms with E-state index in [1.165, 1.54) is 5.56 Å². The Labute approximate surface area is 173 Å². The van der Waals surface area contributed by atoms with Gasteiger partial charge in [-0.3, -0.25) is 13.9 Å². The monoisotopic (exact) mass is 414 g/mol. The minimum absolute atomic E-state index is 0.177. The fraction of sp³-hybridized carbons (Fsp3) is 0.364. The Bertz CT molecular complexity index is 864. The third kappa shape index (κ3) is 6.51. The number of ether oxygens (including phenoxy) is 1. The van der Waals surface area contributed by atoms with Gasteiger partial charge in [0.1, 0.15) is 0 Å². The minimum Gasteiger partial charge on any atom is -0.452 e. The van der Waals surface area contributed by atoms with E-state index in [-0.39, 0.29) is 12.5 Å². The molecule has 2 aromatic rings. The molecule has 6 nitrogen and oxygen atoms in total. The maximum Gasteiger partial charge on any atom is 0.338 e. The van der Waals surface area contributed by atoms with Crippen molar-refractivity contribution in [1.82, 2.24) is 9.80 Å². The average Bonchev–Trinajstić information content (AvgIpc) is 2.73. The molecular formula is C22H26N2O4S. The first-order valence-corrected chi connectivity index (χ1v) is 11.3. The molecule has 0 radical (unpaired) electrons. The van der Waals surface area contributed by atoms with Gasteiger partial charge in [0.25, 0.3) is 5.91 Å². The summed E-state index contributed by atoms with van der Waals surface area (Å²) < 4.78 is 16.6. The van der Waals surface area contributed by atoms with Crippen molar-refractivity contribution in [3.05, 3.63) is 71.3 Å². The van der Waals surface area contributed by atoms with Gasteiger partial charge >= 0.3 is 5.97 Å². The molecule has 1 fully saturated rings. The third-order valence-corrected chi connectivity index (χ3v) is 5.57. The van der Waals surface area contributed by atoms with Crippen molar-refractivity contribution in [2.24, 2.45) is 0 Å². The maximum absolute atomic E-state index is 12.4. The van der Waals surface area contributed by atoms with Gasteiger partial charge in [0.2, 0.25) is 0 Å². The van der Waals surface area contributed by atoms with E-state index in [0.29, 0.717) is 24.4 Å². The summed E-state index contributed by atoms with van der Waals surface area (Å²) in [6, 6.07) is 17.1. The zero-order chi connectivity index (χ0) is 20.6. The Morgan fingerprint density at radius 1 is 0.966 bits per heavy atom. The molecule has 1 saturated heterocycles. The third-order valence-electron chi connectivity index (χ3n) is 4.83. The Morgan fingerprint density at radius 3 is 2.34 bits per heavy atom. The lowest BCUT2D eigenvalue weighted by Gasteiger charge is -2.34. The molecule has 0 aromatic heterocycles. The van der Waals surface area contributed by atoms with Crippen LogP contribution >= 0.6 is 0 Å². The fourth-order valence-electron chi connectivity index (χ4n) is 3.32. The number of carbonyl (C=O) groups is 2. The van der Waals surface area contributed by atoms with Crippen molar-refractivity contribution in [3.63, 3.8) is 0 Å². The molecule has 0 bridgehead atoms. The summed E-state index contributed by atoms with van der Waals surface area (Å²) in [5.74, 6) is -0.332. The van der Waals surface area contributed by atoms with Crippen LogP contribution in [0.3, 0.4) is 0 Å². The number of amides is 1. The standard InChI is InChI=1S/C22H26N2O4S/c1-29(27)17-19-8-5-9-20(14-19)22(26)28-16-21(25)24-12-10-23(11-13-24)15-18-6-3-2-4-7-18/h2-9,14H,10-13,15-17H2,1H3. The van der Waals surface area contributed by atoms with E-state index in [1.807, 2.05) is 24.3 Å². The van der Waals surface area contributed by atoms with Crippen molar-refractivity contribution in [3.8, 4) is 0 Å². The van der Waals surface area contributed by atoms with Gasteiger partial charge in [0, 0.05) is 55.5 Å². The van der Waals surface area contributed by atoms with Gasteiger partial charge in [-0.15, -0.1) is 0 Å². The summed E-state index contributed by atoms with van der Waals surface area (Å²) in [5.41, 5.74) is 2.44. The van der Waals surface area contributed by atoms with Crippen LogP contribution in [0.5, 0.6) is 0 Å². The van der Waals surface area contributed by atoms with Crippen LogP contribution in [0.4, 0.5) is 0 Å². The Balaban J connectivity index is 1.44. The van der Waals surface area contributed by atoms with Crippen molar-refractivity contribution < 1.29 is 18.5 Å². The molecule has 1 atom stereocenters. The smallest absolute Gasteiger partial charge is 0.338 e. The lowest BCUT2D eigenvalue weighted by Crippen LogP contribution is -2.49. The van der Waals surface area contributed by atoms with Crippen LogP contribution in [0, 0.1) is 0 Å². The number of benzene rings is 2. The summed E-state index contributed by atoms with van der Waals surface area (Å²) in [7, 11) is -0.986. The number of rotatable bonds is 7. The molecule has 1 heterocycles. The van der Waals surface area contributed by atoms with Gasteiger partial charge in [-0.1, -0.05) is 42.5 Å². The molecule has 1 amide bonds. The van der Waals surface area contributed by atoms with Crippen molar-refractivity contribution in [2.45, 2.75) is 12.3 Å². The summed E-state index contributed by atoms with van der Waals surface area (Å²) in [6.45, 7) is 3.45. The lowest BCUT2D eigenvalue weighted by molar-refractivity contribution is -0.136. The molecule has 3 rings (SSSR count).